The van der Waals surface area contributed by atoms with Crippen LogP contribution in [0.1, 0.15) is 53.7 Å². The minimum Gasteiger partial charge on any atom is -0.480 e. The van der Waals surface area contributed by atoms with Crippen LogP contribution in [0.2, 0.25) is 0 Å². The number of carboxylic acid groups (broad SMARTS) is 1. The first-order valence-corrected chi connectivity index (χ1v) is 12.1. The standard InChI is InChI=1S/C25H34N2O6S/c1-15(2)12-19(22(28)29)27-20(23(30)32-16(3)33-24(31)25(4,5)6)13-18-14-34-21(26-18)17-10-8-7-9-11-17/h7-11,14-16,19-20,27H,12-13H2,1-6H3,(H,28,29)/t16?,19-,20-/m0/s1. The van der Waals surface area contributed by atoms with Crippen LogP contribution in [-0.4, -0.2) is 46.4 Å². The summed E-state index contributed by atoms with van der Waals surface area (Å²) >= 11 is 1.44. The normalized spacial score (nSPS) is 14.3. The monoisotopic (exact) mass is 490 g/mol. The number of ether oxygens (including phenoxy) is 2. The Kier molecular flexibility index (Phi) is 9.76. The van der Waals surface area contributed by atoms with Crippen LogP contribution in [0.3, 0.4) is 0 Å². The summed E-state index contributed by atoms with van der Waals surface area (Å²) in [5.74, 6) is -2.17. The number of carboxylic acids is 1. The Morgan fingerprint density at radius 2 is 1.71 bits per heavy atom. The largest absolute Gasteiger partial charge is 0.480 e. The molecule has 0 saturated carbocycles. The molecular weight excluding hydrogens is 456 g/mol. The van der Waals surface area contributed by atoms with Gasteiger partial charge in [-0.25, -0.2) is 4.98 Å². The number of hydrogen-bond acceptors (Lipinski definition) is 8. The predicted octanol–water partition coefficient (Wildman–Crippen LogP) is 4.29. The summed E-state index contributed by atoms with van der Waals surface area (Å²) < 4.78 is 10.6. The summed E-state index contributed by atoms with van der Waals surface area (Å²) in [6.45, 7) is 10.4. The number of aromatic nitrogens is 1. The van der Waals surface area contributed by atoms with Gasteiger partial charge in [-0.05, 0) is 33.1 Å². The highest BCUT2D eigenvalue weighted by Gasteiger charge is 2.31. The Hall–Kier alpha value is -2.78. The Labute approximate surface area is 204 Å². The Morgan fingerprint density at radius 3 is 2.26 bits per heavy atom. The van der Waals surface area contributed by atoms with E-state index < -0.39 is 41.7 Å². The Morgan fingerprint density at radius 1 is 1.06 bits per heavy atom. The summed E-state index contributed by atoms with van der Waals surface area (Å²) in [5.41, 5.74) is 0.835. The van der Waals surface area contributed by atoms with Crippen molar-refractivity contribution in [3.05, 3.63) is 41.4 Å². The van der Waals surface area contributed by atoms with Crippen LogP contribution in [0, 0.1) is 11.3 Å². The number of thiazole rings is 1. The molecule has 0 amide bonds. The van der Waals surface area contributed by atoms with Crippen LogP contribution in [0.4, 0.5) is 0 Å². The molecule has 8 nitrogen and oxygen atoms in total. The van der Waals surface area contributed by atoms with Gasteiger partial charge in [-0.1, -0.05) is 44.2 Å². The predicted molar refractivity (Wildman–Crippen MR) is 130 cm³/mol. The summed E-state index contributed by atoms with van der Waals surface area (Å²) in [7, 11) is 0. The lowest BCUT2D eigenvalue weighted by Gasteiger charge is -2.25. The van der Waals surface area contributed by atoms with E-state index in [9.17, 15) is 19.5 Å². The van der Waals surface area contributed by atoms with Crippen molar-refractivity contribution in [2.24, 2.45) is 11.3 Å². The van der Waals surface area contributed by atoms with Crippen molar-refractivity contribution in [2.75, 3.05) is 0 Å². The van der Waals surface area contributed by atoms with Gasteiger partial charge >= 0.3 is 17.9 Å². The lowest BCUT2D eigenvalue weighted by Crippen LogP contribution is -2.50. The van der Waals surface area contributed by atoms with E-state index >= 15 is 0 Å². The molecule has 0 spiro atoms. The molecule has 0 saturated heterocycles. The molecule has 186 valence electrons. The van der Waals surface area contributed by atoms with Crippen LogP contribution in [0.5, 0.6) is 0 Å². The number of nitrogens with zero attached hydrogens (tertiary/aromatic N) is 1. The second-order valence-electron chi connectivity index (χ2n) is 9.61. The van der Waals surface area contributed by atoms with Crippen LogP contribution in [0.15, 0.2) is 35.7 Å². The van der Waals surface area contributed by atoms with Crippen molar-refractivity contribution < 1.29 is 29.0 Å². The first kappa shape index (κ1) is 27.5. The van der Waals surface area contributed by atoms with E-state index in [4.69, 9.17) is 9.47 Å². The van der Waals surface area contributed by atoms with Crippen LogP contribution in [0.25, 0.3) is 10.6 Å². The molecule has 1 heterocycles. The van der Waals surface area contributed by atoms with Crippen molar-refractivity contribution in [3.8, 4) is 10.6 Å². The number of rotatable bonds is 11. The smallest absolute Gasteiger partial charge is 0.326 e. The topological polar surface area (TPSA) is 115 Å². The molecule has 1 aromatic heterocycles. The van der Waals surface area contributed by atoms with Gasteiger partial charge in [-0.2, -0.15) is 0 Å². The minimum atomic E-state index is -1.12. The fourth-order valence-electron chi connectivity index (χ4n) is 3.09. The van der Waals surface area contributed by atoms with Gasteiger partial charge in [0.05, 0.1) is 11.1 Å². The average molecular weight is 491 g/mol. The van der Waals surface area contributed by atoms with Gasteiger partial charge in [0.15, 0.2) is 0 Å². The van der Waals surface area contributed by atoms with Gasteiger partial charge in [0.1, 0.15) is 17.1 Å². The maximum Gasteiger partial charge on any atom is 0.326 e. The number of nitrogens with one attached hydrogen (secondary N) is 1. The molecule has 3 atom stereocenters. The Bertz CT molecular complexity index is 967. The van der Waals surface area contributed by atoms with Gasteiger partial charge in [0, 0.05) is 24.3 Å². The zero-order valence-electron chi connectivity index (χ0n) is 20.5. The summed E-state index contributed by atoms with van der Waals surface area (Å²) in [6.07, 6.45) is -0.656. The zero-order chi connectivity index (χ0) is 25.5. The maximum absolute atomic E-state index is 13.0. The summed E-state index contributed by atoms with van der Waals surface area (Å²) in [6, 6.07) is 7.71. The van der Waals surface area contributed by atoms with E-state index in [1.807, 2.05) is 49.6 Å². The first-order chi connectivity index (χ1) is 15.9. The number of carbonyl (C=O) groups excluding carboxylic acids is 2. The van der Waals surface area contributed by atoms with Crippen molar-refractivity contribution in [1.29, 1.82) is 0 Å². The third kappa shape index (κ3) is 8.53. The number of aliphatic carboxylic acids is 1. The molecule has 2 N–H and O–H groups in total. The molecule has 0 fully saturated rings. The van der Waals surface area contributed by atoms with Gasteiger partial charge in [-0.15, -0.1) is 11.3 Å². The van der Waals surface area contributed by atoms with Crippen molar-refractivity contribution in [1.82, 2.24) is 10.3 Å². The van der Waals surface area contributed by atoms with Crippen LogP contribution in [-0.2, 0) is 30.3 Å². The van der Waals surface area contributed by atoms with Crippen LogP contribution < -0.4 is 5.32 Å². The molecule has 0 radical (unpaired) electrons. The SMILES string of the molecule is CC(C)C[C@H](N[C@@H](Cc1csc(-c2ccccc2)n1)C(=O)OC(C)OC(=O)C(C)(C)C)C(=O)O. The quantitative estimate of drug-likeness (QED) is 0.354. The first-order valence-electron chi connectivity index (χ1n) is 11.3. The summed E-state index contributed by atoms with van der Waals surface area (Å²) in [5, 5.41) is 15.2. The highest BCUT2D eigenvalue weighted by molar-refractivity contribution is 7.13. The Balaban J connectivity index is 2.20. The second-order valence-corrected chi connectivity index (χ2v) is 10.5. The van der Waals surface area contributed by atoms with E-state index in [0.29, 0.717) is 12.1 Å². The third-order valence-corrected chi connectivity index (χ3v) is 5.79. The average Bonchev–Trinajstić information content (AvgIpc) is 3.20. The second kappa shape index (κ2) is 12.1. The molecule has 0 aliphatic carbocycles. The highest BCUT2D eigenvalue weighted by atomic mass is 32.1. The van der Waals surface area contributed by atoms with Gasteiger partial charge in [0.2, 0.25) is 6.29 Å². The van der Waals surface area contributed by atoms with E-state index in [2.05, 4.69) is 10.3 Å². The molecule has 34 heavy (non-hydrogen) atoms. The maximum atomic E-state index is 13.0. The zero-order valence-corrected chi connectivity index (χ0v) is 21.3. The molecule has 2 aromatic rings. The van der Waals surface area contributed by atoms with Gasteiger partial charge in [0.25, 0.3) is 0 Å². The molecule has 0 bridgehead atoms. The van der Waals surface area contributed by atoms with Gasteiger partial charge in [-0.3, -0.25) is 19.7 Å². The van der Waals surface area contributed by atoms with E-state index in [1.165, 1.54) is 18.3 Å². The lowest BCUT2D eigenvalue weighted by molar-refractivity contribution is -0.191. The molecule has 0 aliphatic rings. The lowest BCUT2D eigenvalue weighted by atomic mass is 9.97. The summed E-state index contributed by atoms with van der Waals surface area (Å²) in [4.78, 5) is 41.6. The van der Waals surface area contributed by atoms with E-state index in [1.54, 1.807) is 20.8 Å². The third-order valence-electron chi connectivity index (χ3n) is 4.85. The van der Waals surface area contributed by atoms with Crippen molar-refractivity contribution in [2.45, 2.75) is 72.8 Å². The molecule has 1 unspecified atom stereocenters. The molecule has 9 heteroatoms. The van der Waals surface area contributed by atoms with Crippen molar-refractivity contribution >= 4 is 29.2 Å². The molecular formula is C25H34N2O6S. The molecule has 0 aliphatic heterocycles. The highest BCUT2D eigenvalue weighted by Crippen LogP contribution is 2.24. The molecule has 1 aromatic carbocycles. The van der Waals surface area contributed by atoms with E-state index in [0.717, 1.165) is 10.6 Å². The fraction of sp³-hybridized carbons (Fsp3) is 0.520. The van der Waals surface area contributed by atoms with Gasteiger partial charge < -0.3 is 14.6 Å². The number of esters is 2. The van der Waals surface area contributed by atoms with Crippen molar-refractivity contribution in [3.63, 3.8) is 0 Å². The number of benzene rings is 1. The van der Waals surface area contributed by atoms with Crippen LogP contribution >= 0.6 is 11.3 Å². The van der Waals surface area contributed by atoms with E-state index in [-0.39, 0.29) is 12.3 Å². The number of hydrogen-bond donors (Lipinski definition) is 2. The number of carbonyl (C=O) groups is 3. The minimum absolute atomic E-state index is 0.0980. The molecule has 2 rings (SSSR count). The fourth-order valence-corrected chi connectivity index (χ4v) is 3.92.